The maximum absolute atomic E-state index is 11.5. The van der Waals surface area contributed by atoms with Crippen LogP contribution in [0.3, 0.4) is 0 Å². The highest BCUT2D eigenvalue weighted by Gasteiger charge is 2.44. The van der Waals surface area contributed by atoms with Crippen LogP contribution in [-0.4, -0.2) is 89.5 Å². The van der Waals surface area contributed by atoms with Crippen LogP contribution in [0.5, 0.6) is 0 Å². The van der Waals surface area contributed by atoms with Crippen molar-refractivity contribution in [2.24, 2.45) is 0 Å². The Morgan fingerprint density at radius 2 is 1.83 bits per heavy atom. The molecule has 10 nitrogen and oxygen atoms in total. The molecule has 1 aliphatic heterocycles. The van der Waals surface area contributed by atoms with Gasteiger partial charge in [-0.25, -0.2) is 4.79 Å². The standard InChI is InChI=1S/C13H22O10/c1-3-21-13-11(18)10(17)9(16)7(23-13)5-22-12(19)6(14)4-8(15)20-2/h6-7,9-11,13-14,16-18H,3-5H2,1-2H3. The molecule has 0 aliphatic carbocycles. The summed E-state index contributed by atoms with van der Waals surface area (Å²) in [6, 6.07) is 0. The molecule has 0 amide bonds. The second kappa shape index (κ2) is 9.11. The zero-order valence-corrected chi connectivity index (χ0v) is 12.8. The first kappa shape index (κ1) is 19.7. The Morgan fingerprint density at radius 3 is 2.39 bits per heavy atom. The van der Waals surface area contributed by atoms with Crippen LogP contribution in [-0.2, 0) is 28.5 Å². The lowest BCUT2D eigenvalue weighted by molar-refractivity contribution is -0.300. The van der Waals surface area contributed by atoms with E-state index in [0.717, 1.165) is 7.11 Å². The van der Waals surface area contributed by atoms with Crippen molar-refractivity contribution in [3.05, 3.63) is 0 Å². The first-order valence-electron chi connectivity index (χ1n) is 7.04. The van der Waals surface area contributed by atoms with Gasteiger partial charge in [-0.2, -0.15) is 0 Å². The molecule has 0 saturated carbocycles. The summed E-state index contributed by atoms with van der Waals surface area (Å²) in [4.78, 5) is 22.5. The third-order valence-corrected chi connectivity index (χ3v) is 3.25. The zero-order valence-electron chi connectivity index (χ0n) is 12.8. The Balaban J connectivity index is 2.54. The highest BCUT2D eigenvalue weighted by molar-refractivity contribution is 5.81. The molecule has 6 atom stereocenters. The number of hydrogen-bond donors (Lipinski definition) is 4. The summed E-state index contributed by atoms with van der Waals surface area (Å²) in [6.45, 7) is 1.33. The van der Waals surface area contributed by atoms with Gasteiger partial charge < -0.3 is 39.4 Å². The number of aliphatic hydroxyl groups excluding tert-OH is 4. The molecule has 1 fully saturated rings. The van der Waals surface area contributed by atoms with Crippen molar-refractivity contribution in [1.29, 1.82) is 0 Å². The predicted octanol–water partition coefficient (Wildman–Crippen LogP) is -2.70. The summed E-state index contributed by atoms with van der Waals surface area (Å²) in [7, 11) is 1.10. The number of methoxy groups -OCH3 is 1. The third kappa shape index (κ3) is 5.37. The number of hydrogen-bond acceptors (Lipinski definition) is 10. The smallest absolute Gasteiger partial charge is 0.335 e. The molecule has 4 N–H and O–H groups in total. The van der Waals surface area contributed by atoms with Gasteiger partial charge in [0.2, 0.25) is 0 Å². The molecule has 1 rings (SSSR count). The highest BCUT2D eigenvalue weighted by atomic mass is 16.7. The van der Waals surface area contributed by atoms with Crippen LogP contribution in [0.15, 0.2) is 0 Å². The van der Waals surface area contributed by atoms with E-state index in [1.807, 2.05) is 0 Å². The number of aliphatic hydroxyl groups is 4. The Labute approximate surface area is 132 Å². The van der Waals surface area contributed by atoms with Gasteiger partial charge in [0, 0.05) is 6.61 Å². The molecule has 0 radical (unpaired) electrons. The first-order chi connectivity index (χ1) is 10.8. The van der Waals surface area contributed by atoms with E-state index in [1.54, 1.807) is 6.92 Å². The molecule has 0 aromatic rings. The molecule has 1 aliphatic rings. The molecule has 1 saturated heterocycles. The van der Waals surface area contributed by atoms with Gasteiger partial charge >= 0.3 is 11.9 Å². The molecule has 0 bridgehead atoms. The Hall–Kier alpha value is -1.30. The quantitative estimate of drug-likeness (QED) is 0.361. The normalized spacial score (nSPS) is 32.2. The minimum absolute atomic E-state index is 0.189. The molecule has 6 unspecified atom stereocenters. The number of ether oxygens (including phenoxy) is 4. The highest BCUT2D eigenvalue weighted by Crippen LogP contribution is 2.22. The number of rotatable bonds is 7. The molecule has 134 valence electrons. The van der Waals surface area contributed by atoms with Gasteiger partial charge in [-0.15, -0.1) is 0 Å². The van der Waals surface area contributed by atoms with Gasteiger partial charge in [0.25, 0.3) is 0 Å². The van der Waals surface area contributed by atoms with Crippen LogP contribution in [0.4, 0.5) is 0 Å². The average molecular weight is 338 g/mol. The summed E-state index contributed by atoms with van der Waals surface area (Å²) in [5.74, 6) is -1.90. The minimum atomic E-state index is -1.72. The van der Waals surface area contributed by atoms with E-state index in [-0.39, 0.29) is 6.61 Å². The maximum Gasteiger partial charge on any atom is 0.335 e. The van der Waals surface area contributed by atoms with Gasteiger partial charge in [0.15, 0.2) is 12.4 Å². The van der Waals surface area contributed by atoms with E-state index >= 15 is 0 Å². The number of esters is 2. The van der Waals surface area contributed by atoms with Crippen molar-refractivity contribution in [3.8, 4) is 0 Å². The van der Waals surface area contributed by atoms with E-state index in [0.29, 0.717) is 0 Å². The summed E-state index contributed by atoms with van der Waals surface area (Å²) >= 11 is 0. The SMILES string of the molecule is CCOC1OC(COC(=O)C(O)CC(=O)OC)C(O)C(O)C1O. The summed E-state index contributed by atoms with van der Waals surface area (Å²) in [6.07, 6.45) is -9.19. The van der Waals surface area contributed by atoms with Crippen molar-refractivity contribution < 1.29 is 49.0 Å². The van der Waals surface area contributed by atoms with Gasteiger partial charge in [-0.3, -0.25) is 4.79 Å². The molecular formula is C13H22O10. The maximum atomic E-state index is 11.5. The van der Waals surface area contributed by atoms with Crippen molar-refractivity contribution in [2.75, 3.05) is 20.3 Å². The fourth-order valence-electron chi connectivity index (χ4n) is 1.94. The molecule has 0 aromatic carbocycles. The zero-order chi connectivity index (χ0) is 17.6. The van der Waals surface area contributed by atoms with E-state index in [4.69, 9.17) is 14.2 Å². The molecule has 23 heavy (non-hydrogen) atoms. The van der Waals surface area contributed by atoms with E-state index < -0.39 is 61.8 Å². The monoisotopic (exact) mass is 338 g/mol. The Kier molecular flexibility index (Phi) is 7.82. The van der Waals surface area contributed by atoms with Gasteiger partial charge in [-0.1, -0.05) is 0 Å². The largest absolute Gasteiger partial charge is 0.469 e. The molecule has 0 spiro atoms. The predicted molar refractivity (Wildman–Crippen MR) is 71.9 cm³/mol. The Bertz CT molecular complexity index is 400. The van der Waals surface area contributed by atoms with Crippen molar-refractivity contribution >= 4 is 11.9 Å². The molecular weight excluding hydrogens is 316 g/mol. The second-order valence-corrected chi connectivity index (χ2v) is 4.90. The lowest BCUT2D eigenvalue weighted by Gasteiger charge is -2.39. The van der Waals surface area contributed by atoms with Crippen LogP contribution in [0.25, 0.3) is 0 Å². The van der Waals surface area contributed by atoms with Gasteiger partial charge in [0.05, 0.1) is 13.5 Å². The van der Waals surface area contributed by atoms with Crippen LogP contribution < -0.4 is 0 Å². The van der Waals surface area contributed by atoms with Crippen LogP contribution in [0.1, 0.15) is 13.3 Å². The van der Waals surface area contributed by atoms with Gasteiger partial charge in [0.1, 0.15) is 31.0 Å². The lowest BCUT2D eigenvalue weighted by atomic mass is 9.99. The summed E-state index contributed by atoms with van der Waals surface area (Å²) < 4.78 is 19.3. The molecule has 1 heterocycles. The van der Waals surface area contributed by atoms with Crippen molar-refractivity contribution in [2.45, 2.75) is 50.2 Å². The fraction of sp³-hybridized carbons (Fsp3) is 0.846. The van der Waals surface area contributed by atoms with Gasteiger partial charge in [-0.05, 0) is 6.92 Å². The summed E-state index contributed by atoms with van der Waals surface area (Å²) in [5, 5.41) is 38.7. The molecule has 10 heteroatoms. The van der Waals surface area contributed by atoms with Crippen LogP contribution in [0, 0.1) is 0 Å². The fourth-order valence-corrected chi connectivity index (χ4v) is 1.94. The third-order valence-electron chi connectivity index (χ3n) is 3.25. The van der Waals surface area contributed by atoms with E-state index in [2.05, 4.69) is 4.74 Å². The van der Waals surface area contributed by atoms with Crippen LogP contribution >= 0.6 is 0 Å². The molecule has 0 aromatic heterocycles. The van der Waals surface area contributed by atoms with Crippen molar-refractivity contribution in [1.82, 2.24) is 0 Å². The first-order valence-corrected chi connectivity index (χ1v) is 7.04. The van der Waals surface area contributed by atoms with E-state index in [9.17, 15) is 30.0 Å². The Morgan fingerprint density at radius 1 is 1.17 bits per heavy atom. The average Bonchev–Trinajstić information content (AvgIpc) is 2.53. The summed E-state index contributed by atoms with van der Waals surface area (Å²) in [5.41, 5.74) is 0. The number of carbonyl (C=O) groups is 2. The topological polar surface area (TPSA) is 152 Å². The van der Waals surface area contributed by atoms with Crippen LogP contribution in [0.2, 0.25) is 0 Å². The van der Waals surface area contributed by atoms with E-state index in [1.165, 1.54) is 0 Å². The number of carbonyl (C=O) groups excluding carboxylic acids is 2. The lowest BCUT2D eigenvalue weighted by Crippen LogP contribution is -2.59. The minimum Gasteiger partial charge on any atom is -0.469 e. The second-order valence-electron chi connectivity index (χ2n) is 4.90. The van der Waals surface area contributed by atoms with Crippen molar-refractivity contribution in [3.63, 3.8) is 0 Å².